The molecule has 0 aliphatic heterocycles. The molecule has 0 heterocycles. The predicted octanol–water partition coefficient (Wildman–Crippen LogP) is 6.28. The highest BCUT2D eigenvalue weighted by Crippen LogP contribution is 2.29. The minimum atomic E-state index is -3.91. The largest absolute Gasteiger partial charge is 0.352 e. The van der Waals surface area contributed by atoms with E-state index in [0.717, 1.165) is 16.1 Å². The predicted molar refractivity (Wildman–Crippen MR) is 167 cm³/mol. The van der Waals surface area contributed by atoms with Crippen LogP contribution in [0.2, 0.25) is 15.1 Å². The van der Waals surface area contributed by atoms with Crippen LogP contribution in [0.3, 0.4) is 0 Å². The number of halogens is 3. The molecule has 2 unspecified atom stereocenters. The molecule has 2 atom stereocenters. The molecule has 0 bridgehead atoms. The second-order valence-electron chi connectivity index (χ2n) is 9.95. The van der Waals surface area contributed by atoms with E-state index in [1.54, 1.807) is 43.3 Å². The molecule has 3 aromatic rings. The zero-order valence-corrected chi connectivity index (χ0v) is 26.5. The maximum atomic E-state index is 14.2. The van der Waals surface area contributed by atoms with Crippen molar-refractivity contribution >= 4 is 62.3 Å². The molecule has 2 amide bonds. The van der Waals surface area contributed by atoms with Gasteiger partial charge in [-0.25, -0.2) is 8.42 Å². The number of anilines is 1. The van der Waals surface area contributed by atoms with Crippen LogP contribution < -0.4 is 9.62 Å². The SMILES string of the molecule is CCC(C)NC(=O)C(Cc1ccccc1)N(Cc1ccc(Cl)c(Cl)c1)C(=O)CN(c1cccc(Cl)c1C)S(C)(=O)=O. The molecule has 41 heavy (non-hydrogen) atoms. The zero-order chi connectivity index (χ0) is 30.3. The average molecular weight is 639 g/mol. The van der Waals surface area contributed by atoms with Gasteiger partial charge in [-0.2, -0.15) is 0 Å². The van der Waals surface area contributed by atoms with Gasteiger partial charge in [0.05, 0.1) is 22.0 Å². The number of rotatable bonds is 12. The Morgan fingerprint density at radius 1 is 0.902 bits per heavy atom. The molecule has 0 aromatic heterocycles. The van der Waals surface area contributed by atoms with Crippen molar-refractivity contribution in [3.63, 3.8) is 0 Å². The Morgan fingerprint density at radius 2 is 1.59 bits per heavy atom. The van der Waals surface area contributed by atoms with Crippen molar-refractivity contribution in [1.29, 1.82) is 0 Å². The summed E-state index contributed by atoms with van der Waals surface area (Å²) in [6, 6.07) is 18.1. The maximum absolute atomic E-state index is 14.2. The number of hydrogen-bond donors (Lipinski definition) is 1. The van der Waals surface area contributed by atoms with Crippen LogP contribution in [0.15, 0.2) is 66.7 Å². The first kappa shape index (κ1) is 32.7. The van der Waals surface area contributed by atoms with Gasteiger partial charge in [-0.3, -0.25) is 13.9 Å². The van der Waals surface area contributed by atoms with Crippen LogP contribution in [-0.4, -0.2) is 50.0 Å². The molecule has 0 radical (unpaired) electrons. The van der Waals surface area contributed by atoms with Crippen LogP contribution in [0.25, 0.3) is 0 Å². The van der Waals surface area contributed by atoms with E-state index >= 15 is 0 Å². The van der Waals surface area contributed by atoms with Gasteiger partial charge >= 0.3 is 0 Å². The summed E-state index contributed by atoms with van der Waals surface area (Å²) in [5.41, 5.74) is 2.27. The lowest BCUT2D eigenvalue weighted by molar-refractivity contribution is -0.140. The van der Waals surface area contributed by atoms with Gasteiger partial charge in [0, 0.05) is 24.0 Å². The first-order valence-electron chi connectivity index (χ1n) is 13.1. The number of nitrogens with zero attached hydrogens (tertiary/aromatic N) is 2. The first-order chi connectivity index (χ1) is 19.3. The lowest BCUT2D eigenvalue weighted by Crippen LogP contribution is -2.54. The Labute approximate surface area is 257 Å². The standard InChI is InChI=1S/C30H34Cl3N3O4S/c1-5-20(2)34-30(38)28(17-22-10-7-6-8-11-22)35(18-23-14-15-25(32)26(33)16-23)29(37)19-36(41(4,39)40)27-13-9-12-24(31)21(27)3/h6-16,20,28H,5,17-19H2,1-4H3,(H,34,38). The highest BCUT2D eigenvalue weighted by Gasteiger charge is 2.34. The topological polar surface area (TPSA) is 86.8 Å². The van der Waals surface area contributed by atoms with Crippen LogP contribution in [0.4, 0.5) is 5.69 Å². The number of benzene rings is 3. The van der Waals surface area contributed by atoms with Crippen molar-refractivity contribution in [1.82, 2.24) is 10.2 Å². The van der Waals surface area contributed by atoms with Crippen LogP contribution in [0.1, 0.15) is 37.0 Å². The summed E-state index contributed by atoms with van der Waals surface area (Å²) in [6.07, 6.45) is 1.94. The first-order valence-corrected chi connectivity index (χ1v) is 16.1. The summed E-state index contributed by atoms with van der Waals surface area (Å²) in [5.74, 6) is -0.914. The van der Waals surface area contributed by atoms with Crippen LogP contribution in [0.5, 0.6) is 0 Å². The van der Waals surface area contributed by atoms with Gasteiger partial charge in [-0.1, -0.05) is 84.2 Å². The smallest absolute Gasteiger partial charge is 0.244 e. The molecule has 0 aliphatic carbocycles. The van der Waals surface area contributed by atoms with Gasteiger partial charge in [0.25, 0.3) is 0 Å². The zero-order valence-electron chi connectivity index (χ0n) is 23.4. The maximum Gasteiger partial charge on any atom is 0.244 e. The van der Waals surface area contributed by atoms with Crippen molar-refractivity contribution in [2.24, 2.45) is 0 Å². The Kier molecular flexibility index (Phi) is 11.5. The number of carbonyl (C=O) groups excluding carboxylic acids is 2. The van der Waals surface area contributed by atoms with E-state index in [2.05, 4.69) is 5.32 Å². The second kappa shape index (κ2) is 14.4. The molecule has 0 saturated carbocycles. The van der Waals surface area contributed by atoms with E-state index in [1.165, 1.54) is 4.90 Å². The highest BCUT2D eigenvalue weighted by atomic mass is 35.5. The normalized spacial score (nSPS) is 12.9. The Hall–Kier alpha value is -2.78. The van der Waals surface area contributed by atoms with Gasteiger partial charge in [-0.15, -0.1) is 0 Å². The fourth-order valence-electron chi connectivity index (χ4n) is 4.29. The fourth-order valence-corrected chi connectivity index (χ4v) is 5.68. The molecule has 0 saturated heterocycles. The van der Waals surface area contributed by atoms with E-state index in [9.17, 15) is 18.0 Å². The Balaban J connectivity index is 2.11. The molecule has 3 aromatic carbocycles. The van der Waals surface area contributed by atoms with E-state index in [4.69, 9.17) is 34.8 Å². The van der Waals surface area contributed by atoms with Crippen LogP contribution in [0, 0.1) is 6.92 Å². The summed E-state index contributed by atoms with van der Waals surface area (Å²) < 4.78 is 27.0. The molecule has 0 spiro atoms. The van der Waals surface area contributed by atoms with Crippen LogP contribution >= 0.6 is 34.8 Å². The summed E-state index contributed by atoms with van der Waals surface area (Å²) in [5, 5.41) is 4.01. The summed E-state index contributed by atoms with van der Waals surface area (Å²) in [7, 11) is -3.91. The van der Waals surface area contributed by atoms with Crippen molar-refractivity contribution in [3.8, 4) is 0 Å². The third-order valence-corrected chi connectivity index (χ3v) is 9.07. The molecule has 220 valence electrons. The minimum absolute atomic E-state index is 0.00667. The van der Waals surface area contributed by atoms with E-state index < -0.39 is 28.5 Å². The monoisotopic (exact) mass is 637 g/mol. The lowest BCUT2D eigenvalue weighted by Gasteiger charge is -2.34. The van der Waals surface area contributed by atoms with E-state index in [-0.39, 0.29) is 30.6 Å². The number of nitrogens with one attached hydrogen (secondary N) is 1. The summed E-state index contributed by atoms with van der Waals surface area (Å²) in [6.45, 7) is 4.98. The molecule has 11 heteroatoms. The third-order valence-electron chi connectivity index (χ3n) is 6.80. The van der Waals surface area contributed by atoms with Gasteiger partial charge < -0.3 is 10.2 Å². The third kappa shape index (κ3) is 8.85. The summed E-state index contributed by atoms with van der Waals surface area (Å²) in [4.78, 5) is 29.3. The number of hydrogen-bond acceptors (Lipinski definition) is 4. The molecule has 3 rings (SSSR count). The van der Waals surface area contributed by atoms with E-state index in [1.807, 2.05) is 44.2 Å². The highest BCUT2D eigenvalue weighted by molar-refractivity contribution is 7.92. The minimum Gasteiger partial charge on any atom is -0.352 e. The molecule has 0 aliphatic rings. The second-order valence-corrected chi connectivity index (χ2v) is 13.1. The number of sulfonamides is 1. The molecule has 0 fully saturated rings. The molecule has 7 nitrogen and oxygen atoms in total. The molecular formula is C30H34Cl3N3O4S. The molecule has 1 N–H and O–H groups in total. The lowest BCUT2D eigenvalue weighted by atomic mass is 10.0. The van der Waals surface area contributed by atoms with Crippen molar-refractivity contribution in [2.75, 3.05) is 17.1 Å². The quantitative estimate of drug-likeness (QED) is 0.253. The van der Waals surface area contributed by atoms with Crippen molar-refractivity contribution in [3.05, 3.63) is 98.5 Å². The van der Waals surface area contributed by atoms with Crippen molar-refractivity contribution < 1.29 is 18.0 Å². The van der Waals surface area contributed by atoms with Gasteiger partial charge in [0.15, 0.2) is 0 Å². The fraction of sp³-hybridized carbons (Fsp3) is 0.333. The Bertz CT molecular complexity index is 1490. The van der Waals surface area contributed by atoms with Gasteiger partial charge in [-0.05, 0) is 61.2 Å². The van der Waals surface area contributed by atoms with Gasteiger partial charge in [0.1, 0.15) is 12.6 Å². The van der Waals surface area contributed by atoms with Crippen molar-refractivity contribution in [2.45, 2.75) is 52.2 Å². The average Bonchev–Trinajstić information content (AvgIpc) is 2.92. The number of amides is 2. The summed E-state index contributed by atoms with van der Waals surface area (Å²) >= 11 is 18.7. The molecular weight excluding hydrogens is 605 g/mol. The van der Waals surface area contributed by atoms with E-state index in [0.29, 0.717) is 32.6 Å². The Morgan fingerprint density at radius 3 is 2.20 bits per heavy atom. The number of carbonyl (C=O) groups is 2. The van der Waals surface area contributed by atoms with Gasteiger partial charge in [0.2, 0.25) is 21.8 Å². The van der Waals surface area contributed by atoms with Crippen LogP contribution in [-0.2, 0) is 32.6 Å².